The molecule has 2 aliphatic carbocycles. The third-order valence-corrected chi connectivity index (χ3v) is 6.48. The van der Waals surface area contributed by atoms with E-state index in [0.717, 1.165) is 6.42 Å². The summed E-state index contributed by atoms with van der Waals surface area (Å²) < 4.78 is 4.97. The number of allylic oxidation sites excluding steroid dienone is 2. The number of hydrogen-bond acceptors (Lipinski definition) is 5. The maximum Gasteiger partial charge on any atom is 0.338 e. The zero-order chi connectivity index (χ0) is 22.3. The number of carbonyl (C=O) groups excluding carboxylic acids is 4. The van der Waals surface area contributed by atoms with Gasteiger partial charge in [0.15, 0.2) is 0 Å². The van der Waals surface area contributed by atoms with Crippen molar-refractivity contribution in [2.75, 3.05) is 11.9 Å². The van der Waals surface area contributed by atoms with Gasteiger partial charge in [-0.1, -0.05) is 26.0 Å². The van der Waals surface area contributed by atoms with Gasteiger partial charge in [0.2, 0.25) is 17.7 Å². The van der Waals surface area contributed by atoms with E-state index in [1.807, 2.05) is 26.0 Å². The van der Waals surface area contributed by atoms with Crippen molar-refractivity contribution >= 4 is 29.4 Å². The Morgan fingerprint density at radius 2 is 1.65 bits per heavy atom. The molecule has 1 aromatic rings. The van der Waals surface area contributed by atoms with Crippen molar-refractivity contribution < 1.29 is 23.9 Å². The molecule has 2 fully saturated rings. The number of nitrogens with one attached hydrogen (secondary N) is 1. The van der Waals surface area contributed by atoms with Gasteiger partial charge in [0.05, 0.1) is 24.0 Å². The van der Waals surface area contributed by atoms with E-state index in [0.29, 0.717) is 17.7 Å². The standard InChI is InChI=1S/C24H28N2O5/c1-4-31-24(30)14-7-9-17(10-8-14)25-21(27)18(11-13(2)3)26-22(28)19-15-5-6-16(12-15)20(19)23(26)29/h5-10,13,15-16,18-20H,4,11-12H2,1-3H3,(H,25,27). The van der Waals surface area contributed by atoms with Crippen LogP contribution in [0.1, 0.15) is 44.0 Å². The van der Waals surface area contributed by atoms with Crippen LogP contribution < -0.4 is 5.32 Å². The number of rotatable bonds is 7. The normalized spacial score (nSPS) is 27.0. The van der Waals surface area contributed by atoms with Crippen molar-refractivity contribution in [3.63, 3.8) is 0 Å². The maximum absolute atomic E-state index is 13.2. The van der Waals surface area contributed by atoms with Gasteiger partial charge in [-0.15, -0.1) is 0 Å². The molecule has 0 aromatic heterocycles. The van der Waals surface area contributed by atoms with Crippen LogP contribution in [0.2, 0.25) is 0 Å². The maximum atomic E-state index is 13.2. The molecule has 5 atom stereocenters. The van der Waals surface area contributed by atoms with E-state index in [-0.39, 0.29) is 53.9 Å². The number of likely N-dealkylation sites (tertiary alicyclic amines) is 1. The Morgan fingerprint density at radius 1 is 1.06 bits per heavy atom. The molecule has 0 spiro atoms. The number of ether oxygens (including phenoxy) is 1. The summed E-state index contributed by atoms with van der Waals surface area (Å²) in [6, 6.07) is 5.53. The fourth-order valence-electron chi connectivity index (χ4n) is 5.14. The second-order valence-corrected chi connectivity index (χ2v) is 8.98. The first-order chi connectivity index (χ1) is 14.8. The highest BCUT2D eigenvalue weighted by molar-refractivity contribution is 6.10. The minimum Gasteiger partial charge on any atom is -0.462 e. The summed E-state index contributed by atoms with van der Waals surface area (Å²) >= 11 is 0. The molecule has 0 radical (unpaired) electrons. The van der Waals surface area contributed by atoms with E-state index < -0.39 is 12.0 Å². The van der Waals surface area contributed by atoms with E-state index >= 15 is 0 Å². The average Bonchev–Trinajstić information content (AvgIpc) is 3.41. The van der Waals surface area contributed by atoms with Gasteiger partial charge in [-0.25, -0.2) is 4.79 Å². The van der Waals surface area contributed by atoms with E-state index in [4.69, 9.17) is 4.74 Å². The molecule has 3 amide bonds. The molecule has 1 aromatic carbocycles. The van der Waals surface area contributed by atoms with Crippen LogP contribution in [0.3, 0.4) is 0 Å². The first kappa shape index (κ1) is 21.3. The molecule has 1 N–H and O–H groups in total. The number of amides is 3. The molecule has 164 valence electrons. The van der Waals surface area contributed by atoms with Gasteiger partial charge in [-0.05, 0) is 61.8 Å². The number of imide groups is 1. The Labute approximate surface area is 181 Å². The van der Waals surface area contributed by atoms with Crippen LogP contribution in [-0.4, -0.2) is 41.2 Å². The van der Waals surface area contributed by atoms with Crippen molar-refractivity contribution in [3.05, 3.63) is 42.0 Å². The van der Waals surface area contributed by atoms with Crippen molar-refractivity contribution in [1.29, 1.82) is 0 Å². The highest BCUT2D eigenvalue weighted by Gasteiger charge is 2.61. The minimum atomic E-state index is -0.852. The van der Waals surface area contributed by atoms with Gasteiger partial charge in [0.1, 0.15) is 6.04 Å². The van der Waals surface area contributed by atoms with Gasteiger partial charge >= 0.3 is 5.97 Å². The molecule has 1 saturated carbocycles. The quantitative estimate of drug-likeness (QED) is 0.413. The van der Waals surface area contributed by atoms with Crippen molar-refractivity contribution in [3.8, 4) is 0 Å². The van der Waals surface area contributed by atoms with Gasteiger partial charge < -0.3 is 10.1 Å². The zero-order valence-corrected chi connectivity index (χ0v) is 18.0. The summed E-state index contributed by atoms with van der Waals surface area (Å²) in [7, 11) is 0. The predicted octanol–water partition coefficient (Wildman–Crippen LogP) is 3.02. The zero-order valence-electron chi connectivity index (χ0n) is 18.0. The Hall–Kier alpha value is -2.96. The van der Waals surface area contributed by atoms with E-state index in [1.165, 1.54) is 4.90 Å². The summed E-state index contributed by atoms with van der Waals surface area (Å²) in [5.41, 5.74) is 0.882. The fraction of sp³-hybridized carbons (Fsp3) is 0.500. The predicted molar refractivity (Wildman–Crippen MR) is 114 cm³/mol. The third-order valence-electron chi connectivity index (χ3n) is 6.48. The smallest absolute Gasteiger partial charge is 0.338 e. The van der Waals surface area contributed by atoms with Crippen molar-refractivity contribution in [1.82, 2.24) is 4.90 Å². The van der Waals surface area contributed by atoms with Crippen LogP contribution in [0.5, 0.6) is 0 Å². The summed E-state index contributed by atoms with van der Waals surface area (Å²) in [5.74, 6) is -1.57. The number of fused-ring (bicyclic) bond motifs is 5. The lowest BCUT2D eigenvalue weighted by Crippen LogP contribution is -2.49. The van der Waals surface area contributed by atoms with E-state index in [9.17, 15) is 19.2 Å². The first-order valence-electron chi connectivity index (χ1n) is 10.9. The lowest BCUT2D eigenvalue weighted by atomic mass is 9.85. The van der Waals surface area contributed by atoms with E-state index in [1.54, 1.807) is 31.2 Å². The molecule has 1 saturated heterocycles. The topological polar surface area (TPSA) is 92.8 Å². The average molecular weight is 424 g/mol. The fourth-order valence-corrected chi connectivity index (χ4v) is 5.14. The van der Waals surface area contributed by atoms with Crippen LogP contribution in [-0.2, 0) is 19.1 Å². The number of benzene rings is 1. The van der Waals surface area contributed by atoms with Gasteiger partial charge in [0, 0.05) is 5.69 Å². The molecule has 5 unspecified atom stereocenters. The molecule has 2 bridgehead atoms. The Bertz CT molecular complexity index is 906. The number of carbonyl (C=O) groups is 4. The van der Waals surface area contributed by atoms with Crippen LogP contribution in [0, 0.1) is 29.6 Å². The highest BCUT2D eigenvalue weighted by atomic mass is 16.5. The third kappa shape index (κ3) is 3.77. The van der Waals surface area contributed by atoms with E-state index in [2.05, 4.69) is 5.32 Å². The number of esters is 1. The van der Waals surface area contributed by atoms with Crippen LogP contribution in [0.25, 0.3) is 0 Å². The molecule has 1 heterocycles. The Balaban J connectivity index is 1.52. The lowest BCUT2D eigenvalue weighted by Gasteiger charge is -2.28. The first-order valence-corrected chi connectivity index (χ1v) is 10.9. The summed E-state index contributed by atoms with van der Waals surface area (Å²) in [6.07, 6.45) is 5.34. The molecule has 4 rings (SSSR count). The highest BCUT2D eigenvalue weighted by Crippen LogP contribution is 2.53. The van der Waals surface area contributed by atoms with Gasteiger partial charge in [-0.2, -0.15) is 0 Å². The molecular formula is C24H28N2O5. The Morgan fingerprint density at radius 3 is 2.16 bits per heavy atom. The molecule has 1 aliphatic heterocycles. The monoisotopic (exact) mass is 424 g/mol. The lowest BCUT2D eigenvalue weighted by molar-refractivity contribution is -0.147. The summed E-state index contributed by atoms with van der Waals surface area (Å²) in [5, 5.41) is 2.81. The largest absolute Gasteiger partial charge is 0.462 e. The number of anilines is 1. The van der Waals surface area contributed by atoms with Crippen LogP contribution in [0.15, 0.2) is 36.4 Å². The number of hydrogen-bond donors (Lipinski definition) is 1. The Kier molecular flexibility index (Phi) is 5.69. The van der Waals surface area contributed by atoms with Crippen molar-refractivity contribution in [2.45, 2.75) is 39.7 Å². The summed E-state index contributed by atoms with van der Waals surface area (Å²) in [4.78, 5) is 52.6. The minimum absolute atomic E-state index is 0.106. The SMILES string of the molecule is CCOC(=O)c1ccc(NC(=O)C(CC(C)C)N2C(=O)C3C4C=CC(C4)C3C2=O)cc1. The molecule has 7 heteroatoms. The van der Waals surface area contributed by atoms with Crippen LogP contribution in [0.4, 0.5) is 5.69 Å². The van der Waals surface area contributed by atoms with Gasteiger partial charge in [0.25, 0.3) is 0 Å². The number of nitrogens with zero attached hydrogens (tertiary/aromatic N) is 1. The molecule has 7 nitrogen and oxygen atoms in total. The van der Waals surface area contributed by atoms with Crippen molar-refractivity contribution in [2.24, 2.45) is 29.6 Å². The molecule has 3 aliphatic rings. The second kappa shape index (κ2) is 8.29. The molecule has 31 heavy (non-hydrogen) atoms. The summed E-state index contributed by atoms with van der Waals surface area (Å²) in [6.45, 7) is 5.94. The second-order valence-electron chi connectivity index (χ2n) is 8.98. The van der Waals surface area contributed by atoms with Crippen LogP contribution >= 0.6 is 0 Å². The van der Waals surface area contributed by atoms with Gasteiger partial charge in [-0.3, -0.25) is 19.3 Å². The molecular weight excluding hydrogens is 396 g/mol.